The maximum Gasteiger partial charge on any atom is 0.0357 e. The van der Waals surface area contributed by atoms with Crippen LogP contribution in [0.15, 0.2) is 11.6 Å². The van der Waals surface area contributed by atoms with E-state index >= 15 is 0 Å². The highest BCUT2D eigenvalue weighted by molar-refractivity contribution is 7.84. The fraction of sp³-hybridized carbons (Fsp3) is 0.750. The van der Waals surface area contributed by atoms with Crippen molar-refractivity contribution in [2.24, 2.45) is 0 Å². The standard InChI is InChI=1S/C8H17NOS/c1-8(2)4-5-9-6-7-11(3)10/h4,9H,5-7H2,1-3H3. The Bertz CT molecular complexity index is 150. The smallest absolute Gasteiger partial charge is 0.0357 e. The van der Waals surface area contributed by atoms with E-state index in [1.54, 1.807) is 6.26 Å². The van der Waals surface area contributed by atoms with Crippen molar-refractivity contribution in [3.05, 3.63) is 11.6 Å². The lowest BCUT2D eigenvalue weighted by atomic mass is 10.3. The van der Waals surface area contributed by atoms with Crippen LogP contribution in [0.25, 0.3) is 0 Å². The van der Waals surface area contributed by atoms with Crippen molar-refractivity contribution < 1.29 is 4.21 Å². The van der Waals surface area contributed by atoms with Gasteiger partial charge in [-0.2, -0.15) is 0 Å². The van der Waals surface area contributed by atoms with Gasteiger partial charge in [-0.1, -0.05) is 11.6 Å². The maximum atomic E-state index is 10.6. The van der Waals surface area contributed by atoms with Crippen molar-refractivity contribution >= 4 is 10.8 Å². The van der Waals surface area contributed by atoms with E-state index in [0.29, 0.717) is 0 Å². The van der Waals surface area contributed by atoms with Crippen LogP contribution in [0.3, 0.4) is 0 Å². The van der Waals surface area contributed by atoms with Crippen LogP contribution in [0.5, 0.6) is 0 Å². The Morgan fingerprint density at radius 2 is 2.18 bits per heavy atom. The van der Waals surface area contributed by atoms with E-state index in [0.717, 1.165) is 18.8 Å². The molecule has 0 amide bonds. The third-order valence-corrected chi connectivity index (χ3v) is 2.00. The molecule has 0 aliphatic heterocycles. The molecule has 0 radical (unpaired) electrons. The predicted molar refractivity (Wildman–Crippen MR) is 51.2 cm³/mol. The van der Waals surface area contributed by atoms with Gasteiger partial charge in [-0.15, -0.1) is 0 Å². The minimum absolute atomic E-state index is 0.663. The second-order valence-corrected chi connectivity index (χ2v) is 4.32. The summed E-state index contributed by atoms with van der Waals surface area (Å²) in [5, 5.41) is 3.18. The third kappa shape index (κ3) is 9.85. The van der Waals surface area contributed by atoms with E-state index < -0.39 is 10.8 Å². The lowest BCUT2D eigenvalue weighted by molar-refractivity contribution is 0.682. The zero-order valence-electron chi connectivity index (χ0n) is 7.52. The molecule has 0 aromatic heterocycles. The van der Waals surface area contributed by atoms with Crippen LogP contribution in [0.4, 0.5) is 0 Å². The van der Waals surface area contributed by atoms with Crippen molar-refractivity contribution in [3.8, 4) is 0 Å². The van der Waals surface area contributed by atoms with Crippen molar-refractivity contribution in [3.63, 3.8) is 0 Å². The summed E-state index contributed by atoms with van der Waals surface area (Å²) < 4.78 is 10.6. The highest BCUT2D eigenvalue weighted by Crippen LogP contribution is 1.84. The van der Waals surface area contributed by atoms with Gasteiger partial charge in [0.05, 0.1) is 0 Å². The summed E-state index contributed by atoms with van der Waals surface area (Å²) in [7, 11) is -0.663. The molecule has 0 aromatic carbocycles. The van der Waals surface area contributed by atoms with Crippen LogP contribution in [-0.2, 0) is 10.8 Å². The first kappa shape index (κ1) is 10.8. The molecular weight excluding hydrogens is 158 g/mol. The van der Waals surface area contributed by atoms with Crippen LogP contribution >= 0.6 is 0 Å². The van der Waals surface area contributed by atoms with Crippen LogP contribution in [-0.4, -0.2) is 29.3 Å². The Morgan fingerprint density at radius 3 is 2.64 bits per heavy atom. The van der Waals surface area contributed by atoms with Crippen LogP contribution < -0.4 is 5.32 Å². The second kappa shape index (κ2) is 6.55. The number of hydrogen-bond acceptors (Lipinski definition) is 2. The molecule has 11 heavy (non-hydrogen) atoms. The monoisotopic (exact) mass is 175 g/mol. The minimum Gasteiger partial charge on any atom is -0.312 e. The molecule has 1 atom stereocenters. The molecule has 0 fully saturated rings. The SMILES string of the molecule is CC(C)=CCNCCS(C)=O. The first-order valence-electron chi connectivity index (χ1n) is 3.77. The molecule has 0 aliphatic carbocycles. The Kier molecular flexibility index (Phi) is 6.46. The molecule has 1 unspecified atom stereocenters. The van der Waals surface area contributed by atoms with E-state index in [2.05, 4.69) is 25.2 Å². The van der Waals surface area contributed by atoms with Crippen LogP contribution in [0, 0.1) is 0 Å². The lowest BCUT2D eigenvalue weighted by Crippen LogP contribution is -2.20. The summed E-state index contributed by atoms with van der Waals surface area (Å²) in [5.41, 5.74) is 1.31. The second-order valence-electron chi connectivity index (χ2n) is 2.76. The Hall–Kier alpha value is -0.150. The largest absolute Gasteiger partial charge is 0.312 e. The average molecular weight is 175 g/mol. The summed E-state index contributed by atoms with van der Waals surface area (Å²) >= 11 is 0. The molecule has 1 N–H and O–H groups in total. The van der Waals surface area contributed by atoms with Gasteiger partial charge in [0.15, 0.2) is 0 Å². The van der Waals surface area contributed by atoms with Crippen molar-refractivity contribution in [2.45, 2.75) is 13.8 Å². The minimum atomic E-state index is -0.663. The average Bonchev–Trinajstić information content (AvgIpc) is 1.85. The van der Waals surface area contributed by atoms with E-state index in [1.165, 1.54) is 5.57 Å². The van der Waals surface area contributed by atoms with E-state index in [-0.39, 0.29) is 0 Å². The molecule has 3 heteroatoms. The number of hydrogen-bond donors (Lipinski definition) is 1. The first-order chi connectivity index (χ1) is 5.13. The van der Waals surface area contributed by atoms with Gasteiger partial charge in [-0.25, -0.2) is 0 Å². The summed E-state index contributed by atoms with van der Waals surface area (Å²) in [6.45, 7) is 5.87. The normalized spacial score (nSPS) is 12.6. The summed E-state index contributed by atoms with van der Waals surface area (Å²) in [4.78, 5) is 0. The first-order valence-corrected chi connectivity index (χ1v) is 5.49. The number of allylic oxidation sites excluding steroid dienone is 1. The van der Waals surface area contributed by atoms with E-state index in [1.807, 2.05) is 0 Å². The Balaban J connectivity index is 3.15. The molecule has 2 nitrogen and oxygen atoms in total. The zero-order chi connectivity index (χ0) is 8.69. The molecule has 0 heterocycles. The number of nitrogens with one attached hydrogen (secondary N) is 1. The number of rotatable bonds is 5. The third-order valence-electron chi connectivity index (χ3n) is 1.22. The summed E-state index contributed by atoms with van der Waals surface area (Å²) in [5.74, 6) is 0.747. The highest BCUT2D eigenvalue weighted by atomic mass is 32.2. The van der Waals surface area contributed by atoms with Crippen molar-refractivity contribution in [1.29, 1.82) is 0 Å². The molecule has 0 bridgehead atoms. The molecule has 0 saturated carbocycles. The molecule has 0 spiro atoms. The van der Waals surface area contributed by atoms with E-state index in [4.69, 9.17) is 0 Å². The van der Waals surface area contributed by atoms with Gasteiger partial charge >= 0.3 is 0 Å². The van der Waals surface area contributed by atoms with Crippen LogP contribution in [0.2, 0.25) is 0 Å². The molecule has 0 aliphatic rings. The fourth-order valence-electron chi connectivity index (χ4n) is 0.594. The van der Waals surface area contributed by atoms with Gasteiger partial charge in [0.1, 0.15) is 0 Å². The molecule has 0 rings (SSSR count). The van der Waals surface area contributed by atoms with Gasteiger partial charge in [-0.3, -0.25) is 4.21 Å². The quantitative estimate of drug-likeness (QED) is 0.497. The molecule has 0 aromatic rings. The molecule has 0 saturated heterocycles. The van der Waals surface area contributed by atoms with Gasteiger partial charge in [0.25, 0.3) is 0 Å². The predicted octanol–water partition coefficient (Wildman–Crippen LogP) is 0.921. The van der Waals surface area contributed by atoms with Crippen LogP contribution in [0.1, 0.15) is 13.8 Å². The topological polar surface area (TPSA) is 29.1 Å². The molecule has 66 valence electrons. The highest BCUT2D eigenvalue weighted by Gasteiger charge is 1.88. The maximum absolute atomic E-state index is 10.6. The van der Waals surface area contributed by atoms with Crippen molar-refractivity contribution in [2.75, 3.05) is 25.1 Å². The Labute approximate surface area is 71.5 Å². The van der Waals surface area contributed by atoms with Gasteiger partial charge < -0.3 is 5.32 Å². The summed E-state index contributed by atoms with van der Waals surface area (Å²) in [6.07, 6.45) is 3.85. The Morgan fingerprint density at radius 1 is 1.55 bits per heavy atom. The van der Waals surface area contributed by atoms with Gasteiger partial charge in [-0.05, 0) is 13.8 Å². The van der Waals surface area contributed by atoms with Gasteiger partial charge in [0, 0.05) is 35.9 Å². The van der Waals surface area contributed by atoms with Gasteiger partial charge in [0.2, 0.25) is 0 Å². The molecular formula is C8H17NOS. The van der Waals surface area contributed by atoms with Crippen molar-refractivity contribution in [1.82, 2.24) is 5.32 Å². The van der Waals surface area contributed by atoms with E-state index in [9.17, 15) is 4.21 Å². The lowest BCUT2D eigenvalue weighted by Gasteiger charge is -1.98. The fourth-order valence-corrected chi connectivity index (χ4v) is 1.03. The zero-order valence-corrected chi connectivity index (χ0v) is 8.33. The summed E-state index contributed by atoms with van der Waals surface area (Å²) in [6, 6.07) is 0.